The van der Waals surface area contributed by atoms with Gasteiger partial charge in [0.15, 0.2) is 0 Å². The van der Waals surface area contributed by atoms with E-state index in [1.54, 1.807) is 18.2 Å². The molecule has 0 spiro atoms. The Balaban J connectivity index is 2.18. The number of hydrogen-bond acceptors (Lipinski definition) is 3. The topological polar surface area (TPSA) is 54.0 Å². The Morgan fingerprint density at radius 2 is 1.40 bits per heavy atom. The number of hydrogen-bond donors (Lipinski definition) is 0. The lowest BCUT2D eigenvalue weighted by Crippen LogP contribution is -2.03. The number of fused-ring (bicyclic) bond motifs is 1. The molecule has 3 nitrogen and oxygen atoms in total. The van der Waals surface area contributed by atoms with Crippen LogP contribution < -0.4 is 5.63 Å². The molecule has 0 saturated heterocycles. The maximum Gasteiger partial charge on any atom is 0.344 e. The van der Waals surface area contributed by atoms with Crippen LogP contribution in [0.15, 0.2) is 88.1 Å². The highest BCUT2D eigenvalue weighted by atomic mass is 16.4. The Kier molecular flexibility index (Phi) is 3.64. The van der Waals surface area contributed by atoms with E-state index in [0.717, 1.165) is 22.1 Å². The second-order valence-electron chi connectivity index (χ2n) is 5.70. The number of benzene rings is 3. The first-order chi connectivity index (χ1) is 12.3. The first-order valence-electron chi connectivity index (χ1n) is 7.90. The van der Waals surface area contributed by atoms with Crippen LogP contribution in [-0.4, -0.2) is 0 Å². The van der Waals surface area contributed by atoms with Crippen molar-refractivity contribution in [1.29, 1.82) is 5.26 Å². The second kappa shape index (κ2) is 6.10. The van der Waals surface area contributed by atoms with Gasteiger partial charge < -0.3 is 4.42 Å². The van der Waals surface area contributed by atoms with E-state index in [-0.39, 0.29) is 0 Å². The van der Waals surface area contributed by atoms with Crippen molar-refractivity contribution in [3.63, 3.8) is 0 Å². The lowest BCUT2D eigenvalue weighted by atomic mass is 9.94. The van der Waals surface area contributed by atoms with Crippen LogP contribution >= 0.6 is 0 Å². The SMILES string of the molecule is N#Cc1ccc2c(=O)oc(-c3ccccc3)c(-c3ccccc3)c2c1. The van der Waals surface area contributed by atoms with Gasteiger partial charge in [-0.15, -0.1) is 0 Å². The van der Waals surface area contributed by atoms with Crippen molar-refractivity contribution in [2.75, 3.05) is 0 Å². The second-order valence-corrected chi connectivity index (χ2v) is 5.70. The van der Waals surface area contributed by atoms with Crippen molar-refractivity contribution in [1.82, 2.24) is 0 Å². The maximum absolute atomic E-state index is 12.5. The monoisotopic (exact) mass is 323 g/mol. The molecule has 3 heteroatoms. The van der Waals surface area contributed by atoms with Crippen LogP contribution in [0.2, 0.25) is 0 Å². The summed E-state index contributed by atoms with van der Waals surface area (Å²) in [5.74, 6) is 0.513. The van der Waals surface area contributed by atoms with Crippen LogP contribution in [0.4, 0.5) is 0 Å². The molecule has 0 aliphatic heterocycles. The molecule has 118 valence electrons. The Morgan fingerprint density at radius 3 is 2.04 bits per heavy atom. The van der Waals surface area contributed by atoms with Gasteiger partial charge in [0.25, 0.3) is 0 Å². The van der Waals surface area contributed by atoms with E-state index in [2.05, 4.69) is 6.07 Å². The molecule has 0 aliphatic rings. The molecule has 1 heterocycles. The fraction of sp³-hybridized carbons (Fsp3) is 0. The van der Waals surface area contributed by atoms with Gasteiger partial charge in [-0.2, -0.15) is 5.26 Å². The summed E-state index contributed by atoms with van der Waals surface area (Å²) in [5, 5.41) is 10.5. The van der Waals surface area contributed by atoms with Crippen molar-refractivity contribution in [3.05, 3.63) is 94.8 Å². The summed E-state index contributed by atoms with van der Waals surface area (Å²) in [7, 11) is 0. The van der Waals surface area contributed by atoms with Crippen molar-refractivity contribution in [3.8, 4) is 28.5 Å². The maximum atomic E-state index is 12.5. The zero-order valence-corrected chi connectivity index (χ0v) is 13.3. The molecule has 0 bridgehead atoms. The summed E-state index contributed by atoms with van der Waals surface area (Å²) < 4.78 is 5.70. The molecule has 4 rings (SSSR count). The molecule has 3 aromatic carbocycles. The third kappa shape index (κ3) is 2.60. The van der Waals surface area contributed by atoms with Crippen LogP contribution in [0.1, 0.15) is 5.56 Å². The molecule has 0 saturated carbocycles. The van der Waals surface area contributed by atoms with Gasteiger partial charge in [-0.05, 0) is 23.8 Å². The summed E-state index contributed by atoms with van der Waals surface area (Å²) >= 11 is 0. The first kappa shape index (κ1) is 14.9. The minimum absolute atomic E-state index is 0.405. The average molecular weight is 323 g/mol. The molecule has 0 aliphatic carbocycles. The van der Waals surface area contributed by atoms with E-state index in [9.17, 15) is 10.1 Å². The molecule has 25 heavy (non-hydrogen) atoms. The molecular weight excluding hydrogens is 310 g/mol. The number of nitrogens with zero attached hydrogens (tertiary/aromatic N) is 1. The summed E-state index contributed by atoms with van der Waals surface area (Å²) in [6.45, 7) is 0. The van der Waals surface area contributed by atoms with Crippen LogP contribution in [0, 0.1) is 11.3 Å². The number of rotatable bonds is 2. The molecule has 1 aromatic heterocycles. The molecule has 4 aromatic rings. The molecule has 0 N–H and O–H groups in total. The Bertz CT molecular complexity index is 1150. The predicted molar refractivity (Wildman–Crippen MR) is 98.1 cm³/mol. The first-order valence-corrected chi connectivity index (χ1v) is 7.90. The third-order valence-corrected chi connectivity index (χ3v) is 4.16. The quantitative estimate of drug-likeness (QED) is 0.521. The normalized spacial score (nSPS) is 10.5. The lowest BCUT2D eigenvalue weighted by Gasteiger charge is -2.12. The van der Waals surface area contributed by atoms with Gasteiger partial charge in [-0.25, -0.2) is 4.79 Å². The van der Waals surface area contributed by atoms with Gasteiger partial charge in [0, 0.05) is 16.5 Å². The molecule has 0 radical (unpaired) electrons. The molecule has 0 amide bonds. The van der Waals surface area contributed by atoms with E-state index in [1.165, 1.54) is 0 Å². The standard InChI is InChI=1S/C22H13NO2/c23-14-15-11-12-18-19(13-15)20(16-7-3-1-4-8-16)21(25-22(18)24)17-9-5-2-6-10-17/h1-13H. The van der Waals surface area contributed by atoms with Gasteiger partial charge in [0.1, 0.15) is 5.76 Å². The average Bonchev–Trinajstić information content (AvgIpc) is 2.68. The fourth-order valence-electron chi connectivity index (χ4n) is 3.00. The fourth-order valence-corrected chi connectivity index (χ4v) is 3.00. The minimum atomic E-state index is -0.405. The van der Waals surface area contributed by atoms with Gasteiger partial charge in [0.2, 0.25) is 0 Å². The Morgan fingerprint density at radius 1 is 0.760 bits per heavy atom. The van der Waals surface area contributed by atoms with Gasteiger partial charge >= 0.3 is 5.63 Å². The van der Waals surface area contributed by atoms with Crippen molar-refractivity contribution in [2.45, 2.75) is 0 Å². The Hall–Kier alpha value is -3.64. The highest BCUT2D eigenvalue weighted by molar-refractivity contribution is 6.01. The minimum Gasteiger partial charge on any atom is -0.422 e. The van der Waals surface area contributed by atoms with Crippen LogP contribution in [0.5, 0.6) is 0 Å². The predicted octanol–water partition coefficient (Wildman–Crippen LogP) is 5.00. The smallest absolute Gasteiger partial charge is 0.344 e. The van der Waals surface area contributed by atoms with E-state index >= 15 is 0 Å². The highest BCUT2D eigenvalue weighted by Crippen LogP contribution is 2.36. The van der Waals surface area contributed by atoms with Crippen LogP contribution in [0.3, 0.4) is 0 Å². The molecule has 0 atom stereocenters. The van der Waals surface area contributed by atoms with E-state index in [0.29, 0.717) is 16.7 Å². The van der Waals surface area contributed by atoms with Crippen LogP contribution in [0.25, 0.3) is 33.2 Å². The van der Waals surface area contributed by atoms with Crippen molar-refractivity contribution in [2.24, 2.45) is 0 Å². The zero-order valence-electron chi connectivity index (χ0n) is 13.3. The largest absolute Gasteiger partial charge is 0.422 e. The van der Waals surface area contributed by atoms with E-state index < -0.39 is 5.63 Å². The van der Waals surface area contributed by atoms with Gasteiger partial charge in [0.05, 0.1) is 17.0 Å². The summed E-state index contributed by atoms with van der Waals surface area (Å²) in [4.78, 5) is 12.5. The van der Waals surface area contributed by atoms with Gasteiger partial charge in [-0.1, -0.05) is 60.7 Å². The lowest BCUT2D eigenvalue weighted by molar-refractivity contribution is 0.536. The highest BCUT2D eigenvalue weighted by Gasteiger charge is 2.17. The summed E-state index contributed by atoms with van der Waals surface area (Å²) in [6, 6.07) is 26.5. The summed E-state index contributed by atoms with van der Waals surface area (Å²) in [5.41, 5.74) is 2.68. The van der Waals surface area contributed by atoms with Crippen LogP contribution in [-0.2, 0) is 0 Å². The zero-order chi connectivity index (χ0) is 17.2. The van der Waals surface area contributed by atoms with Crippen molar-refractivity contribution >= 4 is 10.8 Å². The Labute approximate surface area is 144 Å². The van der Waals surface area contributed by atoms with E-state index in [1.807, 2.05) is 60.7 Å². The molecule has 0 fully saturated rings. The van der Waals surface area contributed by atoms with Crippen molar-refractivity contribution < 1.29 is 4.42 Å². The number of nitriles is 1. The van der Waals surface area contributed by atoms with E-state index in [4.69, 9.17) is 4.42 Å². The third-order valence-electron chi connectivity index (χ3n) is 4.16. The summed E-state index contributed by atoms with van der Waals surface area (Å²) in [6.07, 6.45) is 0. The molecular formula is C22H13NO2. The molecule has 0 unspecified atom stereocenters. The van der Waals surface area contributed by atoms with Gasteiger partial charge in [-0.3, -0.25) is 0 Å².